The first kappa shape index (κ1) is 17.8. The second-order valence-electron chi connectivity index (χ2n) is 6.76. The highest BCUT2D eigenvalue weighted by atomic mass is 16.3. The zero-order valence-electron chi connectivity index (χ0n) is 15.6. The number of hydrogen-bond donors (Lipinski definition) is 0. The van der Waals surface area contributed by atoms with E-state index in [1.54, 1.807) is 12.3 Å². The maximum Gasteiger partial charge on any atom is 0.257 e. The van der Waals surface area contributed by atoms with E-state index in [1.165, 1.54) is 0 Å². The van der Waals surface area contributed by atoms with Gasteiger partial charge in [0.25, 0.3) is 5.91 Å². The SMILES string of the molecule is Cc1cc(C(=O)N2CCN(c3ccc(C#N)cn3)CC2)c(-c2ccccc2)o1. The maximum absolute atomic E-state index is 13.1. The van der Waals surface area contributed by atoms with Gasteiger partial charge in [-0.25, -0.2) is 4.98 Å². The number of carbonyl (C=O) groups excluding carboxylic acids is 1. The van der Waals surface area contributed by atoms with Gasteiger partial charge in [0.2, 0.25) is 0 Å². The van der Waals surface area contributed by atoms with E-state index < -0.39 is 0 Å². The van der Waals surface area contributed by atoms with Gasteiger partial charge >= 0.3 is 0 Å². The van der Waals surface area contributed by atoms with Crippen LogP contribution in [0.3, 0.4) is 0 Å². The molecule has 0 saturated carbocycles. The number of pyridine rings is 1. The summed E-state index contributed by atoms with van der Waals surface area (Å²) in [7, 11) is 0. The molecule has 0 atom stereocenters. The van der Waals surface area contributed by atoms with E-state index in [2.05, 4.69) is 16.0 Å². The molecular formula is C22H20N4O2. The van der Waals surface area contributed by atoms with Crippen molar-refractivity contribution in [2.24, 2.45) is 0 Å². The fourth-order valence-corrected chi connectivity index (χ4v) is 3.43. The standard InChI is InChI=1S/C22H20N4O2/c1-16-13-19(21(28-16)18-5-3-2-4-6-18)22(27)26-11-9-25(10-12-26)20-8-7-17(14-23)15-24-20/h2-8,13,15H,9-12H2,1H3. The van der Waals surface area contributed by atoms with Crippen molar-refractivity contribution in [1.29, 1.82) is 5.26 Å². The van der Waals surface area contributed by atoms with E-state index in [0.29, 0.717) is 43.1 Å². The Morgan fingerprint density at radius 2 is 1.86 bits per heavy atom. The number of aromatic nitrogens is 1. The average Bonchev–Trinajstić information content (AvgIpc) is 3.16. The topological polar surface area (TPSA) is 73.4 Å². The Labute approximate surface area is 163 Å². The second kappa shape index (κ2) is 7.57. The average molecular weight is 372 g/mol. The van der Waals surface area contributed by atoms with E-state index in [4.69, 9.17) is 9.68 Å². The molecule has 2 aromatic heterocycles. The number of furan rings is 1. The quantitative estimate of drug-likeness (QED) is 0.704. The highest BCUT2D eigenvalue weighted by molar-refractivity contribution is 6.00. The largest absolute Gasteiger partial charge is 0.461 e. The first-order chi connectivity index (χ1) is 13.7. The number of carbonyl (C=O) groups is 1. The van der Waals surface area contributed by atoms with E-state index in [1.807, 2.05) is 54.3 Å². The molecule has 140 valence electrons. The minimum atomic E-state index is -0.0110. The molecule has 0 bridgehead atoms. The Kier molecular flexibility index (Phi) is 4.81. The third-order valence-electron chi connectivity index (χ3n) is 4.89. The maximum atomic E-state index is 13.1. The van der Waals surface area contributed by atoms with Crippen LogP contribution in [0.4, 0.5) is 5.82 Å². The van der Waals surface area contributed by atoms with Crippen molar-refractivity contribution in [3.05, 3.63) is 71.6 Å². The molecule has 1 saturated heterocycles. The third kappa shape index (κ3) is 3.47. The van der Waals surface area contributed by atoms with Crippen molar-refractivity contribution in [2.45, 2.75) is 6.92 Å². The van der Waals surface area contributed by atoms with Gasteiger partial charge in [-0.1, -0.05) is 30.3 Å². The van der Waals surface area contributed by atoms with Crippen LogP contribution in [0.25, 0.3) is 11.3 Å². The highest BCUT2D eigenvalue weighted by Gasteiger charge is 2.26. The summed E-state index contributed by atoms with van der Waals surface area (Å²) in [4.78, 5) is 21.5. The lowest BCUT2D eigenvalue weighted by Gasteiger charge is -2.35. The summed E-state index contributed by atoms with van der Waals surface area (Å²) in [5.41, 5.74) is 2.05. The molecular weight excluding hydrogens is 352 g/mol. The predicted octanol–water partition coefficient (Wildman–Crippen LogP) is 3.48. The number of nitriles is 1. The molecule has 1 amide bonds. The molecule has 0 aliphatic carbocycles. The van der Waals surface area contributed by atoms with Crippen LogP contribution in [0, 0.1) is 18.3 Å². The molecule has 4 rings (SSSR count). The molecule has 1 aliphatic rings. The molecule has 1 fully saturated rings. The summed E-state index contributed by atoms with van der Waals surface area (Å²) < 4.78 is 5.83. The number of rotatable bonds is 3. The molecule has 3 heterocycles. The van der Waals surface area contributed by atoms with Crippen molar-refractivity contribution in [1.82, 2.24) is 9.88 Å². The van der Waals surface area contributed by atoms with Crippen LogP contribution in [0.1, 0.15) is 21.7 Å². The van der Waals surface area contributed by atoms with Crippen LogP contribution in [-0.2, 0) is 0 Å². The van der Waals surface area contributed by atoms with Gasteiger partial charge in [0.15, 0.2) is 0 Å². The van der Waals surface area contributed by atoms with Gasteiger partial charge < -0.3 is 14.2 Å². The molecule has 1 aliphatic heterocycles. The van der Waals surface area contributed by atoms with Gasteiger partial charge in [0.05, 0.1) is 11.1 Å². The minimum Gasteiger partial charge on any atom is -0.461 e. The van der Waals surface area contributed by atoms with Crippen molar-refractivity contribution in [3.8, 4) is 17.4 Å². The van der Waals surface area contributed by atoms with E-state index in [-0.39, 0.29) is 5.91 Å². The first-order valence-corrected chi connectivity index (χ1v) is 9.22. The lowest BCUT2D eigenvalue weighted by Crippen LogP contribution is -2.49. The van der Waals surface area contributed by atoms with E-state index >= 15 is 0 Å². The second-order valence-corrected chi connectivity index (χ2v) is 6.76. The summed E-state index contributed by atoms with van der Waals surface area (Å²) >= 11 is 0. The summed E-state index contributed by atoms with van der Waals surface area (Å²) in [5.74, 6) is 2.17. The number of hydrogen-bond acceptors (Lipinski definition) is 5. The lowest BCUT2D eigenvalue weighted by atomic mass is 10.1. The van der Waals surface area contributed by atoms with Gasteiger partial charge in [-0.15, -0.1) is 0 Å². The van der Waals surface area contributed by atoms with Gasteiger partial charge in [0.1, 0.15) is 23.4 Å². The van der Waals surface area contributed by atoms with Crippen molar-refractivity contribution >= 4 is 11.7 Å². The van der Waals surface area contributed by atoms with Crippen molar-refractivity contribution in [2.75, 3.05) is 31.1 Å². The monoisotopic (exact) mass is 372 g/mol. The van der Waals surface area contributed by atoms with Crippen LogP contribution in [0.15, 0.2) is 59.1 Å². The Balaban J connectivity index is 1.48. The normalized spacial score (nSPS) is 14.0. The Hall–Kier alpha value is -3.59. The number of nitrogens with zero attached hydrogens (tertiary/aromatic N) is 4. The van der Waals surface area contributed by atoms with E-state index in [9.17, 15) is 4.79 Å². The van der Waals surface area contributed by atoms with Gasteiger partial charge in [-0.3, -0.25) is 4.79 Å². The van der Waals surface area contributed by atoms with Crippen LogP contribution in [0.5, 0.6) is 0 Å². The molecule has 6 heteroatoms. The van der Waals surface area contributed by atoms with Gasteiger partial charge in [-0.05, 0) is 25.1 Å². The van der Waals surface area contributed by atoms with Gasteiger partial charge in [0, 0.05) is 37.9 Å². The Bertz CT molecular complexity index is 1010. The zero-order chi connectivity index (χ0) is 19.5. The molecule has 0 unspecified atom stereocenters. The third-order valence-corrected chi connectivity index (χ3v) is 4.89. The van der Waals surface area contributed by atoms with Crippen LogP contribution < -0.4 is 4.90 Å². The summed E-state index contributed by atoms with van der Waals surface area (Å²) in [5, 5.41) is 8.89. The highest BCUT2D eigenvalue weighted by Crippen LogP contribution is 2.28. The minimum absolute atomic E-state index is 0.0110. The molecule has 1 aromatic carbocycles. The number of amides is 1. The summed E-state index contributed by atoms with van der Waals surface area (Å²) in [6.07, 6.45) is 1.58. The molecule has 0 spiro atoms. The van der Waals surface area contributed by atoms with Crippen molar-refractivity contribution in [3.63, 3.8) is 0 Å². The van der Waals surface area contributed by atoms with Crippen LogP contribution in [0.2, 0.25) is 0 Å². The number of benzene rings is 1. The summed E-state index contributed by atoms with van der Waals surface area (Å²) in [6.45, 7) is 4.47. The molecule has 3 aromatic rings. The fraction of sp³-hybridized carbons (Fsp3) is 0.227. The fourth-order valence-electron chi connectivity index (χ4n) is 3.43. The van der Waals surface area contributed by atoms with Crippen LogP contribution in [-0.4, -0.2) is 42.0 Å². The van der Waals surface area contributed by atoms with Gasteiger partial charge in [-0.2, -0.15) is 5.26 Å². The Morgan fingerprint density at radius 3 is 2.50 bits per heavy atom. The molecule has 0 radical (unpaired) electrons. The van der Waals surface area contributed by atoms with Crippen molar-refractivity contribution < 1.29 is 9.21 Å². The number of piperazine rings is 1. The van der Waals surface area contributed by atoms with Crippen LogP contribution >= 0.6 is 0 Å². The van der Waals surface area contributed by atoms with E-state index in [0.717, 1.165) is 17.1 Å². The summed E-state index contributed by atoms with van der Waals surface area (Å²) in [6, 6.07) is 17.2. The smallest absolute Gasteiger partial charge is 0.257 e. The zero-order valence-corrected chi connectivity index (χ0v) is 15.6. The number of aryl methyl sites for hydroxylation is 1. The molecule has 6 nitrogen and oxygen atoms in total. The lowest BCUT2D eigenvalue weighted by molar-refractivity contribution is 0.0747. The first-order valence-electron chi connectivity index (χ1n) is 9.22. The predicted molar refractivity (Wildman–Crippen MR) is 106 cm³/mol. The number of anilines is 1. The molecule has 28 heavy (non-hydrogen) atoms. The molecule has 0 N–H and O–H groups in total. The Morgan fingerprint density at radius 1 is 1.11 bits per heavy atom.